The van der Waals surface area contributed by atoms with Crippen LogP contribution in [0.5, 0.6) is 0 Å². The van der Waals surface area contributed by atoms with Crippen LogP contribution in [0.4, 0.5) is 0 Å². The summed E-state index contributed by atoms with van der Waals surface area (Å²) in [6.07, 6.45) is 6.34. The molecule has 0 aromatic rings. The van der Waals surface area contributed by atoms with E-state index in [1.165, 1.54) is 6.26 Å². The molecule has 0 spiro atoms. The number of rotatable bonds is 3. The van der Waals surface area contributed by atoms with Crippen LogP contribution in [0.3, 0.4) is 0 Å². The van der Waals surface area contributed by atoms with Crippen molar-refractivity contribution in [2.24, 2.45) is 0 Å². The highest BCUT2D eigenvalue weighted by atomic mass is 32.2. The molecule has 2 rings (SSSR count). The Morgan fingerprint density at radius 3 is 2.62 bits per heavy atom. The van der Waals surface area contributed by atoms with E-state index < -0.39 is 9.84 Å². The lowest BCUT2D eigenvalue weighted by molar-refractivity contribution is 0.0667. The third-order valence-corrected chi connectivity index (χ3v) is 5.28. The maximum absolute atomic E-state index is 11.6. The fourth-order valence-corrected chi connectivity index (χ4v) is 4.21. The first-order chi connectivity index (χ1) is 7.57. The average molecular weight is 247 g/mol. The topological polar surface area (TPSA) is 55.4 Å². The molecule has 3 unspecified atom stereocenters. The van der Waals surface area contributed by atoms with Crippen molar-refractivity contribution >= 4 is 9.84 Å². The molecule has 16 heavy (non-hydrogen) atoms. The second-order valence-electron chi connectivity index (χ2n) is 4.99. The van der Waals surface area contributed by atoms with E-state index in [9.17, 15) is 8.42 Å². The third kappa shape index (κ3) is 2.96. The standard InChI is InChI=1S/C11H21NO3S/c1-16(13,14)11-6-2-5-10(11)12-9-4-3-7-15-8-9/h9-12H,2-8H2,1H3. The zero-order valence-corrected chi connectivity index (χ0v) is 10.6. The Hall–Kier alpha value is -0.130. The number of ether oxygens (including phenoxy) is 1. The zero-order chi connectivity index (χ0) is 11.6. The quantitative estimate of drug-likeness (QED) is 0.798. The lowest BCUT2D eigenvalue weighted by Crippen LogP contribution is -2.48. The van der Waals surface area contributed by atoms with Crippen LogP contribution in [0.25, 0.3) is 0 Å². The van der Waals surface area contributed by atoms with Gasteiger partial charge in [0.05, 0.1) is 11.9 Å². The highest BCUT2D eigenvalue weighted by Crippen LogP contribution is 2.26. The Kier molecular flexibility index (Phi) is 3.87. The predicted molar refractivity (Wildman–Crippen MR) is 63.2 cm³/mol. The number of sulfone groups is 1. The number of hydrogen-bond donors (Lipinski definition) is 1. The van der Waals surface area contributed by atoms with Crippen molar-refractivity contribution in [2.75, 3.05) is 19.5 Å². The summed E-state index contributed by atoms with van der Waals surface area (Å²) in [6.45, 7) is 1.57. The van der Waals surface area contributed by atoms with Gasteiger partial charge in [-0.15, -0.1) is 0 Å². The van der Waals surface area contributed by atoms with E-state index in [-0.39, 0.29) is 11.3 Å². The molecule has 94 valence electrons. The molecule has 2 fully saturated rings. The van der Waals surface area contributed by atoms with Crippen molar-refractivity contribution in [3.8, 4) is 0 Å². The van der Waals surface area contributed by atoms with E-state index in [0.717, 1.165) is 45.3 Å². The molecule has 0 radical (unpaired) electrons. The molecular weight excluding hydrogens is 226 g/mol. The van der Waals surface area contributed by atoms with Gasteiger partial charge in [0.2, 0.25) is 0 Å². The summed E-state index contributed by atoms with van der Waals surface area (Å²) in [5, 5.41) is 3.28. The molecule has 1 aliphatic carbocycles. The molecule has 1 aliphatic heterocycles. The van der Waals surface area contributed by atoms with Gasteiger partial charge in [0.1, 0.15) is 0 Å². The van der Waals surface area contributed by atoms with Gasteiger partial charge in [-0.1, -0.05) is 6.42 Å². The fraction of sp³-hybridized carbons (Fsp3) is 1.00. The molecule has 4 nitrogen and oxygen atoms in total. The normalized spacial score (nSPS) is 36.4. The van der Waals surface area contributed by atoms with Gasteiger partial charge in [0.15, 0.2) is 9.84 Å². The minimum Gasteiger partial charge on any atom is -0.380 e. The molecule has 1 heterocycles. The molecule has 1 N–H and O–H groups in total. The first kappa shape index (κ1) is 12.3. The molecule has 0 amide bonds. The van der Waals surface area contributed by atoms with E-state index in [0.29, 0.717) is 6.04 Å². The van der Waals surface area contributed by atoms with E-state index >= 15 is 0 Å². The number of hydrogen-bond acceptors (Lipinski definition) is 4. The van der Waals surface area contributed by atoms with Crippen molar-refractivity contribution in [1.29, 1.82) is 0 Å². The van der Waals surface area contributed by atoms with Crippen LogP contribution in [0.1, 0.15) is 32.1 Å². The largest absolute Gasteiger partial charge is 0.380 e. The van der Waals surface area contributed by atoms with Crippen LogP contribution in [-0.2, 0) is 14.6 Å². The highest BCUT2D eigenvalue weighted by Gasteiger charge is 2.35. The summed E-state index contributed by atoms with van der Waals surface area (Å²) >= 11 is 0. The molecular formula is C11H21NO3S. The Labute approximate surface area is 97.7 Å². The van der Waals surface area contributed by atoms with Gasteiger partial charge in [-0.3, -0.25) is 0 Å². The monoisotopic (exact) mass is 247 g/mol. The molecule has 2 aliphatic rings. The summed E-state index contributed by atoms with van der Waals surface area (Å²) in [4.78, 5) is 0. The first-order valence-corrected chi connectivity index (χ1v) is 8.05. The summed E-state index contributed by atoms with van der Waals surface area (Å²) in [7, 11) is -2.91. The van der Waals surface area contributed by atoms with Gasteiger partial charge in [-0.05, 0) is 25.7 Å². The summed E-state index contributed by atoms with van der Waals surface area (Å²) in [5.74, 6) is 0. The Morgan fingerprint density at radius 1 is 1.19 bits per heavy atom. The molecule has 0 aromatic heterocycles. The second-order valence-corrected chi connectivity index (χ2v) is 7.25. The number of nitrogens with one attached hydrogen (secondary N) is 1. The van der Waals surface area contributed by atoms with Gasteiger partial charge in [-0.25, -0.2) is 8.42 Å². The molecule has 5 heteroatoms. The minimum atomic E-state index is -2.91. The molecule has 1 saturated heterocycles. The van der Waals surface area contributed by atoms with Gasteiger partial charge in [0.25, 0.3) is 0 Å². The van der Waals surface area contributed by atoms with Crippen LogP contribution in [0, 0.1) is 0 Å². The predicted octanol–water partition coefficient (Wildman–Crippen LogP) is 0.721. The van der Waals surface area contributed by atoms with E-state index in [1.54, 1.807) is 0 Å². The molecule has 0 bridgehead atoms. The van der Waals surface area contributed by atoms with E-state index in [1.807, 2.05) is 0 Å². The minimum absolute atomic E-state index is 0.140. The van der Waals surface area contributed by atoms with E-state index in [2.05, 4.69) is 5.32 Å². The Bertz CT molecular complexity index is 322. The van der Waals surface area contributed by atoms with Gasteiger partial charge < -0.3 is 10.1 Å². The van der Waals surface area contributed by atoms with Crippen LogP contribution in [0.2, 0.25) is 0 Å². The highest BCUT2D eigenvalue weighted by molar-refractivity contribution is 7.91. The smallest absolute Gasteiger partial charge is 0.151 e. The third-order valence-electron chi connectivity index (χ3n) is 3.61. The lowest BCUT2D eigenvalue weighted by Gasteiger charge is -2.29. The lowest BCUT2D eigenvalue weighted by atomic mass is 10.1. The van der Waals surface area contributed by atoms with Crippen molar-refractivity contribution in [3.63, 3.8) is 0 Å². The van der Waals surface area contributed by atoms with Crippen LogP contribution >= 0.6 is 0 Å². The van der Waals surface area contributed by atoms with Crippen molar-refractivity contribution in [2.45, 2.75) is 49.4 Å². The first-order valence-electron chi connectivity index (χ1n) is 6.10. The Balaban J connectivity index is 1.93. The Morgan fingerprint density at radius 2 is 2.00 bits per heavy atom. The van der Waals surface area contributed by atoms with Crippen molar-refractivity contribution in [3.05, 3.63) is 0 Å². The van der Waals surface area contributed by atoms with Gasteiger partial charge in [0, 0.05) is 24.9 Å². The molecule has 3 atom stereocenters. The maximum atomic E-state index is 11.6. The van der Waals surface area contributed by atoms with Crippen molar-refractivity contribution < 1.29 is 13.2 Å². The second kappa shape index (κ2) is 5.02. The average Bonchev–Trinajstić information content (AvgIpc) is 2.67. The SMILES string of the molecule is CS(=O)(=O)C1CCCC1NC1CCCOC1. The van der Waals surface area contributed by atoms with Crippen LogP contribution in [-0.4, -0.2) is 45.2 Å². The fourth-order valence-electron chi connectivity index (χ4n) is 2.80. The summed E-state index contributed by atoms with van der Waals surface area (Å²) < 4.78 is 28.6. The zero-order valence-electron chi connectivity index (χ0n) is 9.81. The summed E-state index contributed by atoms with van der Waals surface area (Å²) in [5.41, 5.74) is 0. The van der Waals surface area contributed by atoms with Crippen LogP contribution < -0.4 is 5.32 Å². The molecule has 0 aromatic carbocycles. The van der Waals surface area contributed by atoms with Crippen molar-refractivity contribution in [1.82, 2.24) is 5.32 Å². The van der Waals surface area contributed by atoms with Gasteiger partial charge in [-0.2, -0.15) is 0 Å². The van der Waals surface area contributed by atoms with Crippen LogP contribution in [0.15, 0.2) is 0 Å². The maximum Gasteiger partial charge on any atom is 0.151 e. The van der Waals surface area contributed by atoms with Gasteiger partial charge >= 0.3 is 0 Å². The van der Waals surface area contributed by atoms with E-state index in [4.69, 9.17) is 4.74 Å². The molecule has 1 saturated carbocycles. The summed E-state index contributed by atoms with van der Waals surface area (Å²) in [6, 6.07) is 0.489.